The van der Waals surface area contributed by atoms with E-state index in [4.69, 9.17) is 0 Å². The first-order valence-electron chi connectivity index (χ1n) is 6.75. The lowest BCUT2D eigenvalue weighted by atomic mass is 10.3. The first-order chi connectivity index (χ1) is 10.6. The van der Waals surface area contributed by atoms with Crippen LogP contribution in [0, 0.1) is 11.3 Å². The molecule has 0 bridgehead atoms. The van der Waals surface area contributed by atoms with Crippen molar-refractivity contribution in [2.45, 2.75) is 20.4 Å². The van der Waals surface area contributed by atoms with Crippen molar-refractivity contribution in [1.29, 1.82) is 5.26 Å². The summed E-state index contributed by atoms with van der Waals surface area (Å²) in [5.74, 6) is 0.0719. The van der Waals surface area contributed by atoms with E-state index in [1.54, 1.807) is 32.3 Å². The number of nitriles is 1. The molecule has 2 aromatic rings. The molecule has 2 N–H and O–H groups in total. The van der Waals surface area contributed by atoms with Gasteiger partial charge in [0.1, 0.15) is 16.6 Å². The molecule has 0 aromatic carbocycles. The molecule has 0 aliphatic carbocycles. The van der Waals surface area contributed by atoms with Gasteiger partial charge in [-0.3, -0.25) is 14.2 Å². The zero-order valence-corrected chi connectivity index (χ0v) is 13.0. The fourth-order valence-corrected chi connectivity index (χ4v) is 3.06. The van der Waals surface area contributed by atoms with E-state index in [2.05, 4.69) is 15.3 Å². The summed E-state index contributed by atoms with van der Waals surface area (Å²) < 4.78 is 2.20. The fraction of sp³-hybridized carbons (Fsp3) is 0.286. The molecule has 2 rings (SSSR count). The molecule has 8 heteroatoms. The SMILES string of the molecule is CCNC(=O)C(C#N)=c1sc(=Cc2ncc[nH]2)c(=O)n1CC. The Morgan fingerprint density at radius 1 is 1.59 bits per heavy atom. The van der Waals surface area contributed by atoms with Gasteiger partial charge in [-0.1, -0.05) is 0 Å². The first kappa shape index (κ1) is 15.7. The zero-order chi connectivity index (χ0) is 16.1. The van der Waals surface area contributed by atoms with Crippen molar-refractivity contribution in [2.75, 3.05) is 6.54 Å². The summed E-state index contributed by atoms with van der Waals surface area (Å²) in [4.78, 5) is 31.3. The number of nitrogens with zero attached hydrogens (tertiary/aromatic N) is 3. The molecule has 0 spiro atoms. The number of amides is 1. The Kier molecular flexibility index (Phi) is 4.91. The van der Waals surface area contributed by atoms with Crippen LogP contribution in [0.3, 0.4) is 0 Å². The second-order valence-corrected chi connectivity index (χ2v) is 5.32. The Balaban J connectivity index is 2.76. The van der Waals surface area contributed by atoms with Crippen LogP contribution in [0.15, 0.2) is 17.2 Å². The lowest BCUT2D eigenvalue weighted by Gasteiger charge is -2.00. The summed E-state index contributed by atoms with van der Waals surface area (Å²) in [6.45, 7) is 4.35. The van der Waals surface area contributed by atoms with E-state index in [1.807, 2.05) is 6.07 Å². The van der Waals surface area contributed by atoms with Crippen molar-refractivity contribution in [3.63, 3.8) is 0 Å². The highest BCUT2D eigenvalue weighted by molar-refractivity contribution is 7.07. The lowest BCUT2D eigenvalue weighted by molar-refractivity contribution is -0.115. The van der Waals surface area contributed by atoms with E-state index in [0.717, 1.165) is 11.3 Å². The molecule has 7 nitrogen and oxygen atoms in total. The third-order valence-corrected chi connectivity index (χ3v) is 4.03. The monoisotopic (exact) mass is 317 g/mol. The molecule has 0 unspecified atom stereocenters. The second-order valence-electron chi connectivity index (χ2n) is 4.29. The Labute approximate surface area is 130 Å². The van der Waals surface area contributed by atoms with Gasteiger partial charge in [-0.05, 0) is 13.8 Å². The Hall–Kier alpha value is -2.66. The van der Waals surface area contributed by atoms with Crippen molar-refractivity contribution >= 4 is 28.9 Å². The van der Waals surface area contributed by atoms with E-state index in [1.165, 1.54) is 4.57 Å². The summed E-state index contributed by atoms with van der Waals surface area (Å²) in [6, 6.07) is 1.90. The maximum atomic E-state index is 12.4. The molecular weight excluding hydrogens is 302 g/mol. The first-order valence-corrected chi connectivity index (χ1v) is 7.57. The Morgan fingerprint density at radius 3 is 2.91 bits per heavy atom. The molecule has 0 aliphatic heterocycles. The summed E-state index contributed by atoms with van der Waals surface area (Å²) in [5.41, 5.74) is -0.291. The summed E-state index contributed by atoms with van der Waals surface area (Å²) >= 11 is 1.11. The van der Waals surface area contributed by atoms with Gasteiger partial charge in [0.2, 0.25) is 0 Å². The minimum atomic E-state index is -0.474. The normalized spacial score (nSPS) is 12.9. The van der Waals surface area contributed by atoms with Crippen LogP contribution in [0.5, 0.6) is 0 Å². The number of imidazole rings is 1. The molecule has 0 saturated carbocycles. The van der Waals surface area contributed by atoms with Gasteiger partial charge in [0.05, 0.1) is 4.53 Å². The average Bonchev–Trinajstić information content (AvgIpc) is 3.10. The van der Waals surface area contributed by atoms with E-state index in [9.17, 15) is 14.9 Å². The van der Waals surface area contributed by atoms with Gasteiger partial charge in [0.25, 0.3) is 11.5 Å². The Morgan fingerprint density at radius 2 is 2.36 bits per heavy atom. The maximum Gasteiger partial charge on any atom is 0.269 e. The van der Waals surface area contributed by atoms with Crippen molar-refractivity contribution in [2.24, 2.45) is 0 Å². The number of nitrogens with one attached hydrogen (secondary N) is 2. The van der Waals surface area contributed by atoms with E-state index in [-0.39, 0.29) is 11.1 Å². The smallest absolute Gasteiger partial charge is 0.269 e. The van der Waals surface area contributed by atoms with Gasteiger partial charge in [-0.2, -0.15) is 5.26 Å². The number of hydrogen-bond acceptors (Lipinski definition) is 5. The number of aromatic amines is 1. The number of carbonyl (C=O) groups is 1. The number of rotatable bonds is 4. The van der Waals surface area contributed by atoms with Gasteiger partial charge >= 0.3 is 0 Å². The summed E-state index contributed by atoms with van der Waals surface area (Å²) in [7, 11) is 0. The minimum Gasteiger partial charge on any atom is -0.352 e. The van der Waals surface area contributed by atoms with Crippen molar-refractivity contribution < 1.29 is 4.79 Å². The standard InChI is InChI=1S/C14H15N5O2S/c1-3-16-12(20)9(8-15)14-19(4-2)13(21)10(22-14)7-11-17-5-6-18-11/h5-7H,3-4H2,1-2H3,(H,16,20)(H,17,18). The number of aromatic nitrogens is 3. The van der Waals surface area contributed by atoms with Crippen LogP contribution in [0.1, 0.15) is 19.7 Å². The molecule has 0 radical (unpaired) electrons. The lowest BCUT2D eigenvalue weighted by Crippen LogP contribution is -2.34. The highest BCUT2D eigenvalue weighted by atomic mass is 32.1. The molecule has 0 atom stereocenters. The van der Waals surface area contributed by atoms with E-state index < -0.39 is 5.91 Å². The molecule has 0 fully saturated rings. The highest BCUT2D eigenvalue weighted by Gasteiger charge is 2.14. The van der Waals surface area contributed by atoms with Crippen molar-refractivity contribution in [3.05, 3.63) is 37.8 Å². The highest BCUT2D eigenvalue weighted by Crippen LogP contribution is 1.94. The topological polar surface area (TPSA) is 104 Å². The van der Waals surface area contributed by atoms with Gasteiger partial charge < -0.3 is 10.3 Å². The third-order valence-electron chi connectivity index (χ3n) is 2.90. The average molecular weight is 317 g/mol. The molecule has 22 heavy (non-hydrogen) atoms. The quantitative estimate of drug-likeness (QED) is 0.777. The van der Waals surface area contributed by atoms with E-state index >= 15 is 0 Å². The second kappa shape index (κ2) is 6.87. The van der Waals surface area contributed by atoms with Crippen molar-refractivity contribution in [3.8, 4) is 6.07 Å². The van der Waals surface area contributed by atoms with Gasteiger partial charge in [0.15, 0.2) is 5.57 Å². The Bertz CT molecular complexity index is 883. The fourth-order valence-electron chi connectivity index (χ4n) is 1.92. The number of thiazole rings is 1. The zero-order valence-electron chi connectivity index (χ0n) is 12.2. The van der Waals surface area contributed by atoms with Crippen molar-refractivity contribution in [1.82, 2.24) is 19.9 Å². The number of carbonyl (C=O) groups excluding carboxylic acids is 1. The van der Waals surface area contributed by atoms with Crippen LogP contribution in [0.2, 0.25) is 0 Å². The van der Waals surface area contributed by atoms with Crippen LogP contribution in [0.4, 0.5) is 0 Å². The number of H-pyrrole nitrogens is 1. The van der Waals surface area contributed by atoms with Crippen LogP contribution in [0.25, 0.3) is 11.6 Å². The molecule has 0 aliphatic rings. The third kappa shape index (κ3) is 2.99. The molecule has 2 aromatic heterocycles. The van der Waals surface area contributed by atoms with E-state index in [0.29, 0.717) is 28.1 Å². The predicted molar refractivity (Wildman–Crippen MR) is 83.4 cm³/mol. The van der Waals surface area contributed by atoms with Gasteiger partial charge in [-0.25, -0.2) is 4.98 Å². The molecule has 114 valence electrons. The summed E-state index contributed by atoms with van der Waals surface area (Å²) in [5, 5.41) is 11.9. The number of hydrogen-bond donors (Lipinski definition) is 2. The van der Waals surface area contributed by atoms with Crippen LogP contribution in [-0.4, -0.2) is 27.0 Å². The van der Waals surface area contributed by atoms with Gasteiger partial charge in [0, 0.05) is 31.6 Å². The largest absolute Gasteiger partial charge is 0.352 e. The maximum absolute atomic E-state index is 12.4. The van der Waals surface area contributed by atoms with Crippen LogP contribution >= 0.6 is 11.3 Å². The van der Waals surface area contributed by atoms with Gasteiger partial charge in [-0.15, -0.1) is 11.3 Å². The molecule has 2 heterocycles. The predicted octanol–water partition coefficient (Wildman–Crippen LogP) is -0.708. The van der Waals surface area contributed by atoms with Crippen LogP contribution < -0.4 is 20.1 Å². The summed E-state index contributed by atoms with van der Waals surface area (Å²) in [6.07, 6.45) is 4.84. The molecule has 1 amide bonds. The molecule has 0 saturated heterocycles. The molecular formula is C14H15N5O2S. The minimum absolute atomic E-state index is 0.0510. The van der Waals surface area contributed by atoms with Crippen LogP contribution in [-0.2, 0) is 11.3 Å².